The Morgan fingerprint density at radius 3 is 2.62 bits per heavy atom. The van der Waals surface area contributed by atoms with Gasteiger partial charge in [-0.05, 0) is 37.8 Å². The predicted octanol–water partition coefficient (Wildman–Crippen LogP) is 2.50. The van der Waals surface area contributed by atoms with Gasteiger partial charge in [-0.2, -0.15) is 0 Å². The second-order valence-electron chi connectivity index (χ2n) is 10.2. The molecule has 1 aromatic carbocycles. The van der Waals surface area contributed by atoms with E-state index in [0.717, 1.165) is 25.0 Å². The van der Waals surface area contributed by atoms with Crippen LogP contribution in [0.5, 0.6) is 0 Å². The van der Waals surface area contributed by atoms with Gasteiger partial charge < -0.3 is 19.7 Å². The van der Waals surface area contributed by atoms with Crippen molar-refractivity contribution in [2.24, 2.45) is 5.92 Å². The summed E-state index contributed by atoms with van der Waals surface area (Å²) in [7, 11) is 0. The zero-order valence-corrected chi connectivity index (χ0v) is 20.5. The molecule has 0 aliphatic carbocycles. The van der Waals surface area contributed by atoms with Gasteiger partial charge in [-0.3, -0.25) is 19.3 Å². The number of amides is 3. The minimum absolute atomic E-state index is 0.0244. The van der Waals surface area contributed by atoms with Gasteiger partial charge in [0.05, 0.1) is 12.7 Å². The highest BCUT2D eigenvalue weighted by atomic mass is 16.5. The van der Waals surface area contributed by atoms with Gasteiger partial charge in [0.25, 0.3) is 5.91 Å². The van der Waals surface area contributed by atoms with Gasteiger partial charge in [-0.15, -0.1) is 0 Å². The maximum Gasteiger partial charge on any atom is 0.256 e. The van der Waals surface area contributed by atoms with E-state index in [9.17, 15) is 14.4 Å². The van der Waals surface area contributed by atoms with Gasteiger partial charge in [0.15, 0.2) is 0 Å². The van der Waals surface area contributed by atoms with Crippen molar-refractivity contribution >= 4 is 17.7 Å². The third-order valence-electron chi connectivity index (χ3n) is 7.06. The second-order valence-corrected chi connectivity index (χ2v) is 10.2. The van der Waals surface area contributed by atoms with Crippen LogP contribution in [0.25, 0.3) is 0 Å². The van der Waals surface area contributed by atoms with Crippen molar-refractivity contribution in [1.29, 1.82) is 0 Å². The molecule has 3 aliphatic heterocycles. The first kappa shape index (κ1) is 24.7. The normalized spacial score (nSPS) is 24.1. The summed E-state index contributed by atoms with van der Waals surface area (Å²) in [5.74, 6) is -0.000170. The molecule has 0 bridgehead atoms. The lowest BCUT2D eigenvalue weighted by atomic mass is 9.95. The molecule has 1 N–H and O–H groups in total. The summed E-state index contributed by atoms with van der Waals surface area (Å²) in [6.45, 7) is 8.33. The van der Waals surface area contributed by atoms with Crippen molar-refractivity contribution in [3.05, 3.63) is 35.4 Å². The quantitative estimate of drug-likeness (QED) is 0.689. The largest absolute Gasteiger partial charge is 0.376 e. The Morgan fingerprint density at radius 1 is 1.21 bits per heavy atom. The highest BCUT2D eigenvalue weighted by Gasteiger charge is 2.54. The minimum atomic E-state index is -0.888. The van der Waals surface area contributed by atoms with E-state index in [1.807, 2.05) is 43.9 Å². The second kappa shape index (κ2) is 10.4. The zero-order chi connectivity index (χ0) is 24.3. The Kier molecular flexibility index (Phi) is 7.57. The van der Waals surface area contributed by atoms with Crippen LogP contribution in [0.3, 0.4) is 0 Å². The standard InChI is InChI=1S/C26H37N3O5/c1-18(2)14-23(30)28-11-9-26(10-12-28)29(25(32)20-7-4-6-19(3)15-20)22(17-34-26)24(31)27-16-21-8-5-13-33-21/h4,6-7,15,18,21-22H,5,8-14,16-17H2,1-3H3,(H,27,31)/t21-,22-/m1/s1. The number of hydrogen-bond acceptors (Lipinski definition) is 5. The van der Waals surface area contributed by atoms with Crippen LogP contribution in [-0.2, 0) is 19.1 Å². The lowest BCUT2D eigenvalue weighted by Gasteiger charge is -2.44. The number of carbonyl (C=O) groups excluding carboxylic acids is 3. The van der Waals surface area contributed by atoms with Crippen LogP contribution in [0.1, 0.15) is 61.9 Å². The molecule has 34 heavy (non-hydrogen) atoms. The first-order valence-corrected chi connectivity index (χ1v) is 12.5. The third-order valence-corrected chi connectivity index (χ3v) is 7.06. The smallest absolute Gasteiger partial charge is 0.256 e. The van der Waals surface area contributed by atoms with Crippen molar-refractivity contribution < 1.29 is 23.9 Å². The van der Waals surface area contributed by atoms with Gasteiger partial charge in [-0.1, -0.05) is 31.5 Å². The molecule has 1 spiro atoms. The number of ether oxygens (including phenoxy) is 2. The molecule has 0 aromatic heterocycles. The summed E-state index contributed by atoms with van der Waals surface area (Å²) in [4.78, 5) is 43.1. The van der Waals surface area contributed by atoms with Crippen LogP contribution in [0.15, 0.2) is 24.3 Å². The minimum Gasteiger partial charge on any atom is -0.376 e. The summed E-state index contributed by atoms with van der Waals surface area (Å²) in [5, 5.41) is 2.98. The Labute approximate surface area is 201 Å². The summed E-state index contributed by atoms with van der Waals surface area (Å²) < 4.78 is 11.9. The molecule has 8 heteroatoms. The Bertz CT molecular complexity index is 903. The Morgan fingerprint density at radius 2 is 1.97 bits per heavy atom. The molecule has 3 heterocycles. The number of rotatable bonds is 6. The first-order valence-electron chi connectivity index (χ1n) is 12.5. The third kappa shape index (κ3) is 5.28. The van der Waals surface area contributed by atoms with E-state index in [4.69, 9.17) is 9.47 Å². The molecule has 1 aromatic rings. The Hall–Kier alpha value is -2.45. The van der Waals surface area contributed by atoms with Gasteiger partial charge in [-0.25, -0.2) is 0 Å². The molecule has 3 fully saturated rings. The van der Waals surface area contributed by atoms with E-state index in [1.54, 1.807) is 11.0 Å². The van der Waals surface area contributed by atoms with Crippen LogP contribution >= 0.6 is 0 Å². The maximum atomic E-state index is 13.8. The van der Waals surface area contributed by atoms with Crippen LogP contribution < -0.4 is 5.32 Å². The van der Waals surface area contributed by atoms with Crippen molar-refractivity contribution in [2.75, 3.05) is 32.8 Å². The molecule has 186 valence electrons. The van der Waals surface area contributed by atoms with Crippen molar-refractivity contribution in [1.82, 2.24) is 15.1 Å². The topological polar surface area (TPSA) is 88.2 Å². The highest BCUT2D eigenvalue weighted by molar-refractivity contribution is 5.98. The number of aryl methyl sites for hydroxylation is 1. The molecule has 0 unspecified atom stereocenters. The molecule has 3 amide bonds. The van der Waals surface area contributed by atoms with Crippen molar-refractivity contribution in [2.45, 2.75) is 70.7 Å². The summed E-state index contributed by atoms with van der Waals surface area (Å²) in [6.07, 6.45) is 3.44. The number of benzene rings is 1. The Balaban J connectivity index is 1.53. The summed E-state index contributed by atoms with van der Waals surface area (Å²) >= 11 is 0. The van der Waals surface area contributed by atoms with Crippen LogP contribution in [-0.4, -0.2) is 78.2 Å². The number of likely N-dealkylation sites (tertiary alicyclic amines) is 1. The van der Waals surface area contributed by atoms with Gasteiger partial charge >= 0.3 is 0 Å². The average Bonchev–Trinajstić information content (AvgIpc) is 3.45. The number of nitrogens with one attached hydrogen (secondary N) is 1. The van der Waals surface area contributed by atoms with Crippen LogP contribution in [0, 0.1) is 12.8 Å². The van der Waals surface area contributed by atoms with Gasteiger partial charge in [0.2, 0.25) is 11.8 Å². The molecule has 2 atom stereocenters. The fraction of sp³-hybridized carbons (Fsp3) is 0.654. The summed E-state index contributed by atoms with van der Waals surface area (Å²) in [6, 6.07) is 6.71. The molecule has 3 aliphatic rings. The number of hydrogen-bond donors (Lipinski definition) is 1. The van der Waals surface area contributed by atoms with E-state index in [0.29, 0.717) is 50.4 Å². The lowest BCUT2D eigenvalue weighted by molar-refractivity contribution is -0.144. The van der Waals surface area contributed by atoms with Crippen LogP contribution in [0.2, 0.25) is 0 Å². The molecular formula is C26H37N3O5. The monoisotopic (exact) mass is 471 g/mol. The summed E-state index contributed by atoms with van der Waals surface area (Å²) in [5.41, 5.74) is 0.634. The average molecular weight is 472 g/mol. The number of piperidine rings is 1. The molecule has 4 rings (SSSR count). The zero-order valence-electron chi connectivity index (χ0n) is 20.5. The van der Waals surface area contributed by atoms with Gasteiger partial charge in [0.1, 0.15) is 11.8 Å². The number of nitrogens with zero attached hydrogens (tertiary/aromatic N) is 2. The predicted molar refractivity (Wildman–Crippen MR) is 127 cm³/mol. The van der Waals surface area contributed by atoms with E-state index < -0.39 is 11.8 Å². The molecular weight excluding hydrogens is 434 g/mol. The molecule has 0 saturated carbocycles. The molecule has 3 saturated heterocycles. The van der Waals surface area contributed by atoms with Crippen LogP contribution in [0.4, 0.5) is 0 Å². The maximum absolute atomic E-state index is 13.8. The van der Waals surface area contributed by atoms with Gasteiger partial charge in [0, 0.05) is 51.1 Å². The van der Waals surface area contributed by atoms with E-state index in [1.165, 1.54) is 0 Å². The molecule has 0 radical (unpaired) electrons. The van der Waals surface area contributed by atoms with Crippen molar-refractivity contribution in [3.8, 4) is 0 Å². The molecule has 8 nitrogen and oxygen atoms in total. The van der Waals surface area contributed by atoms with E-state index in [-0.39, 0.29) is 30.4 Å². The highest BCUT2D eigenvalue weighted by Crippen LogP contribution is 2.38. The fourth-order valence-corrected chi connectivity index (χ4v) is 5.21. The fourth-order valence-electron chi connectivity index (χ4n) is 5.21. The SMILES string of the molecule is Cc1cccc(C(=O)N2[C@@H](C(=O)NC[C@H]3CCCO3)COC23CCN(C(=O)CC(C)C)CC3)c1. The number of carbonyl (C=O) groups is 3. The van der Waals surface area contributed by atoms with E-state index >= 15 is 0 Å². The first-order chi connectivity index (χ1) is 16.3. The van der Waals surface area contributed by atoms with E-state index in [2.05, 4.69) is 5.32 Å². The lowest BCUT2D eigenvalue weighted by Crippen LogP contribution is -2.60. The van der Waals surface area contributed by atoms with Crippen molar-refractivity contribution in [3.63, 3.8) is 0 Å².